The summed E-state index contributed by atoms with van der Waals surface area (Å²) in [4.78, 5) is 15.5. The topological polar surface area (TPSA) is 46.0 Å². The van der Waals surface area contributed by atoms with E-state index in [0.29, 0.717) is 0 Å². The molecule has 0 radical (unpaired) electrons. The third-order valence-electron chi connectivity index (χ3n) is 4.50. The van der Waals surface area contributed by atoms with E-state index in [1.54, 1.807) is 7.11 Å². The van der Waals surface area contributed by atoms with E-state index in [2.05, 4.69) is 10.2 Å². The van der Waals surface area contributed by atoms with Crippen LogP contribution in [-0.4, -0.2) is 45.7 Å². The highest BCUT2D eigenvalue weighted by atomic mass is 19.1. The van der Waals surface area contributed by atoms with E-state index in [9.17, 15) is 13.6 Å². The maximum absolute atomic E-state index is 13.6. The van der Waals surface area contributed by atoms with Crippen LogP contribution in [0.2, 0.25) is 0 Å². The van der Waals surface area contributed by atoms with Crippen LogP contribution in [0.15, 0.2) is 42.5 Å². The standard InChI is InChI=1S/C19H21F2N3O2/c1-26-16-4-2-3-15(12-16)24-9-7-23(8-10-24)13-19(25)22-18-6-5-14(20)11-17(18)21/h2-6,11-12H,7-10,13H2,1H3,(H,22,25)/p+1. The third kappa shape index (κ3) is 4.49. The molecule has 1 aliphatic rings. The molecular weight excluding hydrogens is 340 g/mol. The van der Waals surface area contributed by atoms with Crippen molar-refractivity contribution in [3.8, 4) is 5.75 Å². The second-order valence-corrected chi connectivity index (χ2v) is 6.29. The van der Waals surface area contributed by atoms with Crippen LogP contribution in [0.25, 0.3) is 0 Å². The fourth-order valence-corrected chi connectivity index (χ4v) is 3.08. The molecule has 1 amide bonds. The molecule has 0 spiro atoms. The second kappa shape index (κ2) is 8.14. The van der Waals surface area contributed by atoms with Crippen LogP contribution in [0.4, 0.5) is 20.2 Å². The zero-order valence-corrected chi connectivity index (χ0v) is 14.6. The van der Waals surface area contributed by atoms with Gasteiger partial charge in [-0.2, -0.15) is 0 Å². The van der Waals surface area contributed by atoms with Crippen molar-refractivity contribution in [1.29, 1.82) is 0 Å². The first-order valence-electron chi connectivity index (χ1n) is 8.52. The highest BCUT2D eigenvalue weighted by molar-refractivity contribution is 5.91. The highest BCUT2D eigenvalue weighted by Gasteiger charge is 2.23. The van der Waals surface area contributed by atoms with Crippen LogP contribution in [0, 0.1) is 11.6 Å². The molecule has 2 aromatic carbocycles. The summed E-state index contributed by atoms with van der Waals surface area (Å²) in [6, 6.07) is 11.0. The summed E-state index contributed by atoms with van der Waals surface area (Å²) in [5.41, 5.74) is 1.10. The van der Waals surface area contributed by atoms with Crippen LogP contribution in [0.1, 0.15) is 0 Å². The zero-order valence-electron chi connectivity index (χ0n) is 14.6. The van der Waals surface area contributed by atoms with Gasteiger partial charge >= 0.3 is 0 Å². The van der Waals surface area contributed by atoms with Crippen molar-refractivity contribution >= 4 is 17.3 Å². The lowest BCUT2D eigenvalue weighted by molar-refractivity contribution is -0.892. The quantitative estimate of drug-likeness (QED) is 0.843. The number of piperazine rings is 1. The predicted octanol–water partition coefficient (Wildman–Crippen LogP) is 1.32. The Morgan fingerprint density at radius 3 is 2.65 bits per heavy atom. The third-order valence-corrected chi connectivity index (χ3v) is 4.50. The number of nitrogens with one attached hydrogen (secondary N) is 2. The second-order valence-electron chi connectivity index (χ2n) is 6.29. The summed E-state index contributed by atoms with van der Waals surface area (Å²) in [5, 5.41) is 2.51. The SMILES string of the molecule is COc1cccc(N2CC[NH+](CC(=O)Nc3ccc(F)cc3F)CC2)c1. The van der Waals surface area contributed by atoms with Gasteiger partial charge in [0.05, 0.1) is 39.0 Å². The number of hydrogen-bond donors (Lipinski definition) is 2. The van der Waals surface area contributed by atoms with Gasteiger partial charge in [0.2, 0.25) is 0 Å². The van der Waals surface area contributed by atoms with E-state index in [1.165, 1.54) is 6.07 Å². The molecule has 1 saturated heterocycles. The van der Waals surface area contributed by atoms with Crippen LogP contribution in [0.5, 0.6) is 5.75 Å². The van der Waals surface area contributed by atoms with Crippen molar-refractivity contribution < 1.29 is 23.2 Å². The van der Waals surface area contributed by atoms with Crippen LogP contribution >= 0.6 is 0 Å². The molecule has 1 fully saturated rings. The summed E-state index contributed by atoms with van der Waals surface area (Å²) in [5.74, 6) is -0.894. The molecule has 7 heteroatoms. The summed E-state index contributed by atoms with van der Waals surface area (Å²) in [6.45, 7) is 3.50. The molecule has 2 aromatic rings. The Morgan fingerprint density at radius 1 is 1.19 bits per heavy atom. The molecule has 2 N–H and O–H groups in total. The van der Waals surface area contributed by atoms with Crippen molar-refractivity contribution in [2.75, 3.05) is 50.1 Å². The fraction of sp³-hybridized carbons (Fsp3) is 0.316. The van der Waals surface area contributed by atoms with Gasteiger partial charge in [0.25, 0.3) is 5.91 Å². The Labute approximate surface area is 151 Å². The number of benzene rings is 2. The molecule has 5 nitrogen and oxygen atoms in total. The lowest BCUT2D eigenvalue weighted by Crippen LogP contribution is -3.15. The van der Waals surface area contributed by atoms with E-state index in [1.807, 2.05) is 24.3 Å². The van der Waals surface area contributed by atoms with Gasteiger partial charge < -0.3 is 19.9 Å². The van der Waals surface area contributed by atoms with Gasteiger partial charge in [-0.1, -0.05) is 6.07 Å². The Morgan fingerprint density at radius 2 is 1.96 bits per heavy atom. The number of anilines is 2. The molecule has 0 atom stereocenters. The van der Waals surface area contributed by atoms with Crippen LogP contribution < -0.4 is 19.9 Å². The predicted molar refractivity (Wildman–Crippen MR) is 95.8 cm³/mol. The number of nitrogens with zero attached hydrogens (tertiary/aromatic N) is 1. The largest absolute Gasteiger partial charge is 0.497 e. The lowest BCUT2D eigenvalue weighted by atomic mass is 10.2. The molecule has 0 saturated carbocycles. The number of halogens is 2. The van der Waals surface area contributed by atoms with Gasteiger partial charge in [-0.15, -0.1) is 0 Å². The Hall–Kier alpha value is -2.67. The summed E-state index contributed by atoms with van der Waals surface area (Å²) >= 11 is 0. The van der Waals surface area contributed by atoms with E-state index in [0.717, 1.165) is 54.6 Å². The number of rotatable bonds is 5. The summed E-state index contributed by atoms with van der Waals surface area (Å²) in [6.07, 6.45) is 0. The number of carbonyl (C=O) groups is 1. The first-order chi connectivity index (χ1) is 12.5. The number of amides is 1. The van der Waals surface area contributed by atoms with Gasteiger partial charge in [-0.25, -0.2) is 8.78 Å². The molecule has 0 aliphatic carbocycles. The van der Waals surface area contributed by atoms with Crippen molar-refractivity contribution in [2.45, 2.75) is 0 Å². The van der Waals surface area contributed by atoms with Crippen LogP contribution in [-0.2, 0) is 4.79 Å². The van der Waals surface area contributed by atoms with Crippen molar-refractivity contribution in [1.82, 2.24) is 0 Å². The molecule has 26 heavy (non-hydrogen) atoms. The van der Waals surface area contributed by atoms with Crippen LogP contribution in [0.3, 0.4) is 0 Å². The maximum atomic E-state index is 13.6. The molecular formula is C19H22F2N3O2+. The average molecular weight is 362 g/mol. The van der Waals surface area contributed by atoms with E-state index < -0.39 is 11.6 Å². The minimum Gasteiger partial charge on any atom is -0.497 e. The van der Waals surface area contributed by atoms with Crippen molar-refractivity contribution in [3.05, 3.63) is 54.1 Å². The van der Waals surface area contributed by atoms with Gasteiger partial charge in [0.15, 0.2) is 6.54 Å². The van der Waals surface area contributed by atoms with E-state index in [4.69, 9.17) is 4.74 Å². The summed E-state index contributed by atoms with van der Waals surface area (Å²) < 4.78 is 31.8. The van der Waals surface area contributed by atoms with Crippen molar-refractivity contribution in [3.63, 3.8) is 0 Å². The van der Waals surface area contributed by atoms with Gasteiger partial charge in [-0.3, -0.25) is 4.79 Å². The van der Waals surface area contributed by atoms with Gasteiger partial charge in [0.1, 0.15) is 17.4 Å². The number of hydrogen-bond acceptors (Lipinski definition) is 3. The molecule has 0 bridgehead atoms. The lowest BCUT2D eigenvalue weighted by Gasteiger charge is -2.33. The minimum absolute atomic E-state index is 0.00539. The summed E-state index contributed by atoms with van der Waals surface area (Å²) in [7, 11) is 1.64. The van der Waals surface area contributed by atoms with Gasteiger partial charge in [0, 0.05) is 17.8 Å². The first-order valence-corrected chi connectivity index (χ1v) is 8.52. The zero-order chi connectivity index (χ0) is 18.5. The minimum atomic E-state index is -0.767. The first kappa shape index (κ1) is 18.1. The normalized spacial score (nSPS) is 15.0. The van der Waals surface area contributed by atoms with Crippen molar-refractivity contribution in [2.24, 2.45) is 0 Å². The molecule has 1 heterocycles. The Kier molecular flexibility index (Phi) is 5.68. The Bertz CT molecular complexity index is 777. The maximum Gasteiger partial charge on any atom is 0.279 e. The number of methoxy groups -OCH3 is 1. The van der Waals surface area contributed by atoms with E-state index in [-0.39, 0.29) is 18.1 Å². The monoisotopic (exact) mass is 362 g/mol. The fourth-order valence-electron chi connectivity index (χ4n) is 3.08. The molecule has 0 unspecified atom stereocenters. The smallest absolute Gasteiger partial charge is 0.279 e. The molecule has 1 aliphatic heterocycles. The molecule has 3 rings (SSSR count). The Balaban J connectivity index is 1.51. The number of quaternary nitrogens is 1. The van der Waals surface area contributed by atoms with E-state index >= 15 is 0 Å². The molecule has 138 valence electrons. The highest BCUT2D eigenvalue weighted by Crippen LogP contribution is 2.20. The number of ether oxygens (including phenoxy) is 1. The molecule has 0 aromatic heterocycles. The number of carbonyl (C=O) groups excluding carboxylic acids is 1. The van der Waals surface area contributed by atoms with Gasteiger partial charge in [-0.05, 0) is 24.3 Å². The average Bonchev–Trinajstić information content (AvgIpc) is 2.65.